The molecule has 8 nitrogen and oxygen atoms in total. The number of carbonyl (C=O) groups excluding carboxylic acids is 1. The molecule has 1 aliphatic heterocycles. The lowest BCUT2D eigenvalue weighted by molar-refractivity contribution is -0.138. The number of halogens is 6. The molecule has 1 fully saturated rings. The molecule has 1 atom stereocenters. The molecule has 0 spiro atoms. The van der Waals surface area contributed by atoms with Gasteiger partial charge in [0.25, 0.3) is 5.91 Å². The highest BCUT2D eigenvalue weighted by Gasteiger charge is 2.42. The van der Waals surface area contributed by atoms with Gasteiger partial charge in [-0.3, -0.25) is 4.79 Å². The molecule has 1 saturated heterocycles. The SMILES string of the molecule is NC[C@@H]1CCCN(c2c(NC(=O)c3csc(-c4ccnnc4)n3)ccc(Oc3c(F)cc(F)cc3F)c2C(F)(F)F)C1. The van der Waals surface area contributed by atoms with Crippen molar-refractivity contribution in [1.29, 1.82) is 0 Å². The van der Waals surface area contributed by atoms with Crippen molar-refractivity contribution in [2.24, 2.45) is 11.7 Å². The van der Waals surface area contributed by atoms with Crippen LogP contribution in [0.2, 0.25) is 0 Å². The zero-order valence-electron chi connectivity index (χ0n) is 21.6. The Kier molecular flexibility index (Phi) is 8.31. The van der Waals surface area contributed by atoms with Crippen LogP contribution >= 0.6 is 11.3 Å². The number of ether oxygens (including phenoxy) is 1. The Hall–Kier alpha value is -4.24. The van der Waals surface area contributed by atoms with Crippen LogP contribution in [-0.2, 0) is 6.18 Å². The monoisotopic (exact) mass is 608 g/mol. The molecule has 220 valence electrons. The zero-order chi connectivity index (χ0) is 30.0. The molecular weight excluding hydrogens is 586 g/mol. The minimum atomic E-state index is -5.10. The van der Waals surface area contributed by atoms with Gasteiger partial charge in [-0.25, -0.2) is 18.2 Å². The summed E-state index contributed by atoms with van der Waals surface area (Å²) in [7, 11) is 0. The highest BCUT2D eigenvalue weighted by atomic mass is 32.1. The Balaban J connectivity index is 1.58. The third-order valence-corrected chi connectivity index (χ3v) is 7.47. The van der Waals surface area contributed by atoms with Gasteiger partial charge >= 0.3 is 6.18 Å². The van der Waals surface area contributed by atoms with Gasteiger partial charge in [-0.05, 0) is 43.5 Å². The van der Waals surface area contributed by atoms with Crippen LogP contribution in [0.1, 0.15) is 28.9 Å². The molecule has 3 heterocycles. The minimum Gasteiger partial charge on any atom is -0.450 e. The number of thiazole rings is 1. The lowest BCUT2D eigenvalue weighted by atomic mass is 9.96. The maximum absolute atomic E-state index is 14.7. The number of hydrogen-bond acceptors (Lipinski definition) is 8. The predicted molar refractivity (Wildman–Crippen MR) is 143 cm³/mol. The Morgan fingerprint density at radius 2 is 1.90 bits per heavy atom. The number of nitrogens with one attached hydrogen (secondary N) is 1. The van der Waals surface area contributed by atoms with Gasteiger partial charge in [0, 0.05) is 36.2 Å². The number of anilines is 2. The molecule has 0 radical (unpaired) electrons. The van der Waals surface area contributed by atoms with Crippen LogP contribution in [0.15, 0.2) is 48.1 Å². The first-order valence-corrected chi connectivity index (χ1v) is 13.5. The van der Waals surface area contributed by atoms with Crippen molar-refractivity contribution in [3.8, 4) is 22.1 Å². The van der Waals surface area contributed by atoms with Gasteiger partial charge in [-0.1, -0.05) is 0 Å². The van der Waals surface area contributed by atoms with Crippen molar-refractivity contribution >= 4 is 28.6 Å². The predicted octanol–water partition coefficient (Wildman–Crippen LogP) is 6.26. The first-order chi connectivity index (χ1) is 20.0. The number of carbonyl (C=O) groups is 1. The molecule has 0 bridgehead atoms. The maximum Gasteiger partial charge on any atom is 0.422 e. The van der Waals surface area contributed by atoms with Gasteiger partial charge in [0.15, 0.2) is 17.4 Å². The van der Waals surface area contributed by atoms with Crippen molar-refractivity contribution in [2.45, 2.75) is 19.0 Å². The Bertz CT molecular complexity index is 1580. The van der Waals surface area contributed by atoms with Crippen molar-refractivity contribution in [3.05, 3.63) is 76.8 Å². The van der Waals surface area contributed by atoms with Crippen molar-refractivity contribution in [3.63, 3.8) is 0 Å². The van der Waals surface area contributed by atoms with E-state index < -0.39 is 52.3 Å². The number of alkyl halides is 3. The van der Waals surface area contributed by atoms with Gasteiger partial charge in [-0.15, -0.1) is 11.3 Å². The second-order valence-corrected chi connectivity index (χ2v) is 10.3. The summed E-state index contributed by atoms with van der Waals surface area (Å²) in [6.07, 6.45) is -1.01. The molecule has 1 amide bonds. The summed E-state index contributed by atoms with van der Waals surface area (Å²) in [5, 5.41) is 11.8. The first kappa shape index (κ1) is 29.3. The average molecular weight is 609 g/mol. The highest BCUT2D eigenvalue weighted by molar-refractivity contribution is 7.13. The number of piperidine rings is 1. The molecule has 5 rings (SSSR count). The topological polar surface area (TPSA) is 106 Å². The van der Waals surface area contributed by atoms with E-state index in [2.05, 4.69) is 20.5 Å². The zero-order valence-corrected chi connectivity index (χ0v) is 22.4. The third kappa shape index (κ3) is 6.16. The standard InChI is InChI=1S/C27H22F6N6O2S/c28-16-8-17(29)24(18(30)9-16)41-21-4-3-19(23(22(21)27(31,32)33)39-7-1-2-14(10-34)12-39)37-25(40)20-13-42-26(38-20)15-5-6-35-36-11-15/h3-6,8-9,11,13-14H,1-2,7,10,12,34H2,(H,37,40)/t14-/m0/s1. The van der Waals surface area contributed by atoms with E-state index in [1.165, 1.54) is 22.7 Å². The van der Waals surface area contributed by atoms with E-state index in [9.17, 15) is 31.1 Å². The molecule has 15 heteroatoms. The second kappa shape index (κ2) is 11.9. The normalized spacial score (nSPS) is 15.5. The summed E-state index contributed by atoms with van der Waals surface area (Å²) in [6, 6.07) is 4.20. The molecule has 4 aromatic rings. The van der Waals surface area contributed by atoms with E-state index in [1.54, 1.807) is 6.07 Å². The van der Waals surface area contributed by atoms with Crippen LogP contribution in [0.3, 0.4) is 0 Å². The van der Waals surface area contributed by atoms with Crippen molar-refractivity contribution in [2.75, 3.05) is 29.9 Å². The number of nitrogens with two attached hydrogens (primary N) is 1. The van der Waals surface area contributed by atoms with E-state index in [1.807, 2.05) is 0 Å². The third-order valence-electron chi connectivity index (χ3n) is 6.58. The number of amides is 1. The molecule has 1 aliphatic rings. The second-order valence-electron chi connectivity index (χ2n) is 9.45. The fourth-order valence-corrected chi connectivity index (χ4v) is 5.46. The number of aromatic nitrogens is 3. The number of rotatable bonds is 7. The Labute approximate surface area is 239 Å². The van der Waals surface area contributed by atoms with E-state index in [-0.39, 0.29) is 36.9 Å². The summed E-state index contributed by atoms with van der Waals surface area (Å²) in [5.41, 5.74) is 4.30. The van der Waals surface area contributed by atoms with Gasteiger partial charge in [0.05, 0.1) is 23.8 Å². The highest BCUT2D eigenvalue weighted by Crippen LogP contribution is 2.49. The quantitative estimate of drug-likeness (QED) is 0.239. The molecular formula is C27H22F6N6O2S. The fraction of sp³-hybridized carbons (Fsp3) is 0.259. The minimum absolute atomic E-state index is 0.0550. The van der Waals surface area contributed by atoms with E-state index in [0.29, 0.717) is 35.5 Å². The Morgan fingerprint density at radius 1 is 1.14 bits per heavy atom. The first-order valence-electron chi connectivity index (χ1n) is 12.6. The summed E-state index contributed by atoms with van der Waals surface area (Å²) >= 11 is 1.13. The average Bonchev–Trinajstić information content (AvgIpc) is 3.46. The fourth-order valence-electron chi connectivity index (χ4n) is 4.67. The van der Waals surface area contributed by atoms with E-state index >= 15 is 0 Å². The molecule has 0 saturated carbocycles. The summed E-state index contributed by atoms with van der Waals surface area (Å²) in [5.74, 6) is -7.38. The van der Waals surface area contributed by atoms with Gasteiger partial charge in [-0.2, -0.15) is 23.4 Å². The van der Waals surface area contributed by atoms with Crippen molar-refractivity contribution < 1.29 is 35.9 Å². The van der Waals surface area contributed by atoms with E-state index in [4.69, 9.17) is 10.5 Å². The lowest BCUT2D eigenvalue weighted by Crippen LogP contribution is -2.40. The van der Waals surface area contributed by atoms with E-state index in [0.717, 1.165) is 23.5 Å². The maximum atomic E-state index is 14.7. The van der Waals surface area contributed by atoms with Crippen LogP contribution in [0.4, 0.5) is 37.7 Å². The molecule has 2 aromatic heterocycles. The van der Waals surface area contributed by atoms with Crippen LogP contribution in [0, 0.1) is 23.4 Å². The van der Waals surface area contributed by atoms with Crippen LogP contribution in [0.5, 0.6) is 11.5 Å². The summed E-state index contributed by atoms with van der Waals surface area (Å²) in [4.78, 5) is 18.9. The van der Waals surface area contributed by atoms with Crippen LogP contribution in [0.25, 0.3) is 10.6 Å². The smallest absolute Gasteiger partial charge is 0.422 e. The van der Waals surface area contributed by atoms with Gasteiger partial charge < -0.3 is 20.7 Å². The summed E-state index contributed by atoms with van der Waals surface area (Å²) in [6.45, 7) is 0.523. The van der Waals surface area contributed by atoms with Gasteiger partial charge in [0.2, 0.25) is 0 Å². The van der Waals surface area contributed by atoms with Gasteiger partial charge in [0.1, 0.15) is 27.8 Å². The molecule has 3 N–H and O–H groups in total. The van der Waals surface area contributed by atoms with Crippen molar-refractivity contribution in [1.82, 2.24) is 15.2 Å². The largest absolute Gasteiger partial charge is 0.450 e. The number of hydrogen-bond donors (Lipinski definition) is 2. The molecule has 0 unspecified atom stereocenters. The Morgan fingerprint density at radius 3 is 2.57 bits per heavy atom. The summed E-state index contributed by atoms with van der Waals surface area (Å²) < 4.78 is 91.4. The molecule has 0 aliphatic carbocycles. The van der Waals surface area contributed by atoms with Crippen LogP contribution < -0.4 is 20.7 Å². The number of benzene rings is 2. The molecule has 42 heavy (non-hydrogen) atoms. The molecule has 2 aromatic carbocycles. The lowest BCUT2D eigenvalue weighted by Gasteiger charge is -2.37. The number of nitrogens with zero attached hydrogens (tertiary/aromatic N) is 4. The van der Waals surface area contributed by atoms with Crippen LogP contribution in [-0.4, -0.2) is 40.7 Å².